The summed E-state index contributed by atoms with van der Waals surface area (Å²) >= 11 is 0. The molecule has 0 spiro atoms. The average Bonchev–Trinajstić information content (AvgIpc) is 3.13. The molecular formula is C46H48. The molecule has 0 bridgehead atoms. The smallest absolute Gasteiger partial charge is 0.00507 e. The van der Waals surface area contributed by atoms with Gasteiger partial charge in [0.25, 0.3) is 0 Å². The molecule has 0 heterocycles. The molecule has 7 rings (SSSR count). The van der Waals surface area contributed by atoms with E-state index in [9.17, 15) is 0 Å². The topological polar surface area (TPSA) is 0 Å². The van der Waals surface area contributed by atoms with Crippen LogP contribution in [-0.4, -0.2) is 0 Å². The van der Waals surface area contributed by atoms with Gasteiger partial charge in [-0.1, -0.05) is 194 Å². The second-order valence-corrected chi connectivity index (χ2v) is 12.0. The van der Waals surface area contributed by atoms with Crippen molar-refractivity contribution >= 4 is 10.8 Å². The number of hydrogen-bond donors (Lipinski definition) is 0. The molecular weight excluding hydrogens is 553 g/mol. The third kappa shape index (κ3) is 6.35. The summed E-state index contributed by atoms with van der Waals surface area (Å²) in [5, 5.41) is 2.66. The molecule has 46 heavy (non-hydrogen) atoms. The summed E-state index contributed by atoms with van der Waals surface area (Å²) in [5.41, 5.74) is 13.3. The van der Waals surface area contributed by atoms with E-state index < -0.39 is 0 Å². The molecule has 0 heteroatoms. The van der Waals surface area contributed by atoms with Crippen LogP contribution in [0.5, 0.6) is 0 Å². The molecule has 6 aromatic carbocycles. The maximum absolute atomic E-state index is 2.47. The van der Waals surface area contributed by atoms with Crippen LogP contribution in [0.2, 0.25) is 0 Å². The zero-order chi connectivity index (χ0) is 32.6. The Labute approximate surface area is 277 Å². The van der Waals surface area contributed by atoms with Crippen molar-refractivity contribution in [3.05, 3.63) is 157 Å². The van der Waals surface area contributed by atoms with Gasteiger partial charge >= 0.3 is 0 Å². The first kappa shape index (κ1) is 32.7. The molecule has 2 atom stereocenters. The van der Waals surface area contributed by atoms with Crippen LogP contribution in [0.3, 0.4) is 0 Å². The Morgan fingerprint density at radius 3 is 1.15 bits per heavy atom. The van der Waals surface area contributed by atoms with Gasteiger partial charge in [0.1, 0.15) is 0 Å². The van der Waals surface area contributed by atoms with Gasteiger partial charge in [-0.15, -0.1) is 0 Å². The zero-order valence-electron chi connectivity index (χ0n) is 28.6. The van der Waals surface area contributed by atoms with Crippen molar-refractivity contribution in [2.45, 2.75) is 60.3 Å². The van der Waals surface area contributed by atoms with Gasteiger partial charge in [-0.2, -0.15) is 0 Å². The standard InChI is InChI=1S/C42H36.2C2H6/c1-28(2)36-27-18-29(3)39-40(34-23-19-32(20-24-34)30-12-6-4-7-13-30)37-16-10-11-17-38(37)41(42(36)39)35-25-21-33(22-26-35)31-14-8-5-9-15-31;2*1-2/h4-29,36H,1-3H3;2*1-2H3. The summed E-state index contributed by atoms with van der Waals surface area (Å²) in [6.45, 7) is 15.1. The normalized spacial score (nSPS) is 15.0. The number of hydrogen-bond acceptors (Lipinski definition) is 0. The SMILES string of the molecule is CC.CC.CC1C=CC(C(C)C)c2c1c(-c1ccc(-c3ccccc3)cc1)c1ccccc1c2-c1ccc(-c2ccccc2)cc1. The lowest BCUT2D eigenvalue weighted by Crippen LogP contribution is -2.16. The van der Waals surface area contributed by atoms with E-state index in [1.54, 1.807) is 0 Å². The molecule has 0 N–H and O–H groups in total. The van der Waals surface area contributed by atoms with Crippen LogP contribution in [0.15, 0.2) is 146 Å². The Morgan fingerprint density at radius 2 is 0.739 bits per heavy atom. The predicted molar refractivity (Wildman–Crippen MR) is 204 cm³/mol. The third-order valence-electron chi connectivity index (χ3n) is 8.97. The molecule has 0 saturated heterocycles. The van der Waals surface area contributed by atoms with Gasteiger partial charge in [0.15, 0.2) is 0 Å². The van der Waals surface area contributed by atoms with Gasteiger partial charge < -0.3 is 0 Å². The molecule has 1 aliphatic rings. The molecule has 0 aliphatic heterocycles. The Morgan fingerprint density at radius 1 is 0.391 bits per heavy atom. The van der Waals surface area contributed by atoms with Crippen molar-refractivity contribution in [3.63, 3.8) is 0 Å². The first-order valence-corrected chi connectivity index (χ1v) is 17.2. The molecule has 0 aromatic heterocycles. The van der Waals surface area contributed by atoms with Gasteiger partial charge in [0, 0.05) is 5.92 Å². The Bertz CT molecular complexity index is 1870. The Kier molecular flexibility index (Phi) is 10.7. The summed E-state index contributed by atoms with van der Waals surface area (Å²) in [6, 6.07) is 48.8. The summed E-state index contributed by atoms with van der Waals surface area (Å²) < 4.78 is 0. The van der Waals surface area contributed by atoms with E-state index in [0.29, 0.717) is 17.8 Å². The molecule has 0 nitrogen and oxygen atoms in total. The molecule has 1 aliphatic carbocycles. The first-order valence-electron chi connectivity index (χ1n) is 17.2. The van der Waals surface area contributed by atoms with Crippen LogP contribution in [0.1, 0.15) is 71.4 Å². The number of allylic oxidation sites excluding steroid dienone is 2. The van der Waals surface area contributed by atoms with E-state index in [1.807, 2.05) is 27.7 Å². The monoisotopic (exact) mass is 600 g/mol. The van der Waals surface area contributed by atoms with E-state index in [0.717, 1.165) is 0 Å². The minimum atomic E-state index is 0.325. The highest BCUT2D eigenvalue weighted by Gasteiger charge is 2.31. The van der Waals surface area contributed by atoms with Crippen LogP contribution >= 0.6 is 0 Å². The number of fused-ring (bicyclic) bond motifs is 2. The van der Waals surface area contributed by atoms with Gasteiger partial charge in [-0.3, -0.25) is 0 Å². The maximum Gasteiger partial charge on any atom is 0.00507 e. The fourth-order valence-corrected chi connectivity index (χ4v) is 6.87. The molecule has 0 amide bonds. The highest BCUT2D eigenvalue weighted by Crippen LogP contribution is 2.51. The largest absolute Gasteiger partial charge is 0.0806 e. The summed E-state index contributed by atoms with van der Waals surface area (Å²) in [6.07, 6.45) is 4.91. The van der Waals surface area contributed by atoms with Crippen LogP contribution in [0.25, 0.3) is 55.3 Å². The average molecular weight is 601 g/mol. The van der Waals surface area contributed by atoms with Crippen LogP contribution in [0, 0.1) is 5.92 Å². The third-order valence-corrected chi connectivity index (χ3v) is 8.97. The lowest BCUT2D eigenvalue weighted by atomic mass is 9.70. The molecule has 2 unspecified atom stereocenters. The van der Waals surface area contributed by atoms with Crippen molar-refractivity contribution in [2.24, 2.45) is 5.92 Å². The molecule has 0 saturated carbocycles. The van der Waals surface area contributed by atoms with E-state index in [1.165, 1.54) is 66.4 Å². The summed E-state index contributed by atoms with van der Waals surface area (Å²) in [5.74, 6) is 1.17. The van der Waals surface area contributed by atoms with E-state index >= 15 is 0 Å². The molecule has 232 valence electrons. The fourth-order valence-electron chi connectivity index (χ4n) is 6.87. The highest BCUT2D eigenvalue weighted by atomic mass is 14.3. The lowest BCUT2D eigenvalue weighted by molar-refractivity contribution is 0.564. The minimum absolute atomic E-state index is 0.325. The van der Waals surface area contributed by atoms with E-state index in [-0.39, 0.29) is 0 Å². The van der Waals surface area contributed by atoms with Crippen molar-refractivity contribution in [1.82, 2.24) is 0 Å². The van der Waals surface area contributed by atoms with Gasteiger partial charge in [0.05, 0.1) is 0 Å². The Hall–Kier alpha value is -4.68. The predicted octanol–water partition coefficient (Wildman–Crippen LogP) is 14.0. The minimum Gasteiger partial charge on any atom is -0.0806 e. The van der Waals surface area contributed by atoms with E-state index in [2.05, 4.69) is 166 Å². The zero-order valence-corrected chi connectivity index (χ0v) is 28.6. The first-order chi connectivity index (χ1) is 22.6. The molecule has 0 fully saturated rings. The fraction of sp³-hybridized carbons (Fsp3) is 0.217. The van der Waals surface area contributed by atoms with Crippen molar-refractivity contribution in [2.75, 3.05) is 0 Å². The van der Waals surface area contributed by atoms with E-state index in [4.69, 9.17) is 0 Å². The van der Waals surface area contributed by atoms with Crippen LogP contribution in [-0.2, 0) is 0 Å². The highest BCUT2D eigenvalue weighted by molar-refractivity contribution is 6.09. The van der Waals surface area contributed by atoms with Crippen molar-refractivity contribution in [3.8, 4) is 44.5 Å². The second-order valence-electron chi connectivity index (χ2n) is 12.0. The summed E-state index contributed by atoms with van der Waals surface area (Å²) in [4.78, 5) is 0. The molecule has 6 aromatic rings. The van der Waals surface area contributed by atoms with Crippen molar-refractivity contribution in [1.29, 1.82) is 0 Å². The second kappa shape index (κ2) is 15.1. The number of benzene rings is 6. The van der Waals surface area contributed by atoms with Gasteiger partial charge in [0.2, 0.25) is 0 Å². The van der Waals surface area contributed by atoms with Crippen molar-refractivity contribution < 1.29 is 0 Å². The quantitative estimate of drug-likeness (QED) is 0.173. The Balaban J connectivity index is 0.00000100. The lowest BCUT2D eigenvalue weighted by Gasteiger charge is -2.34. The maximum atomic E-state index is 2.47. The molecule has 0 radical (unpaired) electrons. The summed E-state index contributed by atoms with van der Waals surface area (Å²) in [7, 11) is 0. The van der Waals surface area contributed by atoms with Crippen LogP contribution in [0.4, 0.5) is 0 Å². The van der Waals surface area contributed by atoms with Gasteiger partial charge in [-0.05, 0) is 78.2 Å². The van der Waals surface area contributed by atoms with Gasteiger partial charge in [-0.25, -0.2) is 0 Å². The van der Waals surface area contributed by atoms with Crippen LogP contribution < -0.4 is 0 Å². The number of rotatable bonds is 5.